The molecule has 0 N–H and O–H groups in total. The van der Waals surface area contributed by atoms with Crippen LogP contribution in [0.4, 0.5) is 0 Å². The molecule has 3 aromatic rings. The summed E-state index contributed by atoms with van der Waals surface area (Å²) in [5, 5.41) is 0. The number of aromatic nitrogens is 1. The van der Waals surface area contributed by atoms with Crippen molar-refractivity contribution in [3.8, 4) is 5.75 Å². The molecule has 0 fully saturated rings. The molecule has 0 atom stereocenters. The number of thioether (sulfide) groups is 1. The van der Waals surface area contributed by atoms with E-state index in [2.05, 4.69) is 4.99 Å². The van der Waals surface area contributed by atoms with Gasteiger partial charge in [-0.25, -0.2) is 4.79 Å². The fourth-order valence-electron chi connectivity index (χ4n) is 2.91. The third kappa shape index (κ3) is 5.12. The predicted octanol–water partition coefficient (Wildman–Crippen LogP) is 4.38. The summed E-state index contributed by atoms with van der Waals surface area (Å²) in [4.78, 5) is 29.8. The molecule has 0 aliphatic rings. The molecule has 0 aliphatic carbocycles. The number of thiazole rings is 1. The number of carbonyl (C=O) groups excluding carboxylic acids is 2. The molecule has 8 heteroatoms. The zero-order chi connectivity index (χ0) is 21.5. The Balaban J connectivity index is 2.01. The van der Waals surface area contributed by atoms with Gasteiger partial charge in [0.15, 0.2) is 4.80 Å². The Kier molecular flexibility index (Phi) is 7.70. The lowest BCUT2D eigenvalue weighted by atomic mass is 10.2. The van der Waals surface area contributed by atoms with Crippen LogP contribution < -0.4 is 9.54 Å². The molecule has 30 heavy (non-hydrogen) atoms. The lowest BCUT2D eigenvalue weighted by Crippen LogP contribution is -2.18. The van der Waals surface area contributed by atoms with E-state index in [0.29, 0.717) is 29.1 Å². The molecule has 1 aromatic heterocycles. The molecule has 0 aliphatic heterocycles. The molecular formula is C22H24N2O4S2. The molecule has 6 nitrogen and oxygen atoms in total. The molecule has 158 valence electrons. The lowest BCUT2D eigenvalue weighted by molar-refractivity contribution is 0.0526. The van der Waals surface area contributed by atoms with Gasteiger partial charge in [-0.1, -0.05) is 11.3 Å². The molecule has 0 unspecified atom stereocenters. The quantitative estimate of drug-likeness (QED) is 0.482. The molecule has 0 saturated heterocycles. The highest BCUT2D eigenvalue weighted by Gasteiger charge is 2.13. The highest BCUT2D eigenvalue weighted by atomic mass is 32.2. The van der Waals surface area contributed by atoms with E-state index in [1.807, 2.05) is 23.8 Å². The van der Waals surface area contributed by atoms with Crippen molar-refractivity contribution in [2.75, 3.05) is 25.2 Å². The van der Waals surface area contributed by atoms with Crippen molar-refractivity contribution in [3.05, 3.63) is 58.4 Å². The first-order valence-electron chi connectivity index (χ1n) is 9.68. The van der Waals surface area contributed by atoms with E-state index in [9.17, 15) is 9.59 Å². The summed E-state index contributed by atoms with van der Waals surface area (Å²) in [6, 6.07) is 12.4. The average molecular weight is 445 g/mol. The molecule has 0 saturated carbocycles. The van der Waals surface area contributed by atoms with E-state index in [-0.39, 0.29) is 11.9 Å². The van der Waals surface area contributed by atoms with E-state index >= 15 is 0 Å². The van der Waals surface area contributed by atoms with Gasteiger partial charge >= 0.3 is 5.97 Å². The van der Waals surface area contributed by atoms with Gasteiger partial charge in [0.1, 0.15) is 5.75 Å². The zero-order valence-electron chi connectivity index (χ0n) is 17.2. The molecule has 0 spiro atoms. The Morgan fingerprint density at radius 3 is 2.47 bits per heavy atom. The van der Waals surface area contributed by atoms with Crippen LogP contribution in [0, 0.1) is 0 Å². The maximum atomic E-state index is 12.8. The summed E-state index contributed by atoms with van der Waals surface area (Å²) in [7, 11) is 0. The van der Waals surface area contributed by atoms with Gasteiger partial charge in [0.25, 0.3) is 5.91 Å². The largest absolute Gasteiger partial charge is 0.494 e. The number of amides is 1. The second-order valence-electron chi connectivity index (χ2n) is 6.31. The Bertz CT molecular complexity index is 1100. The van der Waals surface area contributed by atoms with Crippen LogP contribution in [0.5, 0.6) is 5.75 Å². The number of hydrogen-bond donors (Lipinski definition) is 0. The summed E-state index contributed by atoms with van der Waals surface area (Å²) in [6.45, 7) is 5.31. The minimum Gasteiger partial charge on any atom is -0.494 e. The monoisotopic (exact) mass is 444 g/mol. The highest BCUT2D eigenvalue weighted by molar-refractivity contribution is 7.98. The van der Waals surface area contributed by atoms with Crippen molar-refractivity contribution in [2.45, 2.75) is 20.4 Å². The smallest absolute Gasteiger partial charge is 0.338 e. The lowest BCUT2D eigenvalue weighted by Gasteiger charge is -2.05. The van der Waals surface area contributed by atoms with Crippen LogP contribution in [-0.2, 0) is 11.3 Å². The summed E-state index contributed by atoms with van der Waals surface area (Å²) >= 11 is 3.11. The number of rotatable bonds is 8. The zero-order valence-corrected chi connectivity index (χ0v) is 18.8. The van der Waals surface area contributed by atoms with E-state index in [1.54, 1.807) is 55.1 Å². The van der Waals surface area contributed by atoms with Crippen molar-refractivity contribution in [1.82, 2.24) is 4.57 Å². The maximum Gasteiger partial charge on any atom is 0.338 e. The van der Waals surface area contributed by atoms with Crippen LogP contribution >= 0.6 is 23.1 Å². The fourth-order valence-corrected chi connectivity index (χ4v) is 4.37. The van der Waals surface area contributed by atoms with Crippen molar-refractivity contribution in [1.29, 1.82) is 0 Å². The van der Waals surface area contributed by atoms with E-state index in [4.69, 9.17) is 9.47 Å². The van der Waals surface area contributed by atoms with Crippen LogP contribution in [0.1, 0.15) is 34.6 Å². The van der Waals surface area contributed by atoms with Crippen LogP contribution in [-0.4, -0.2) is 41.7 Å². The standard InChI is InChI=1S/C22H24N2O4S2/c1-4-27-17-9-6-15(7-10-17)20(25)23-22-24(12-13-29-3)18-11-8-16(14-19(18)30-22)21(26)28-5-2/h6-11,14H,4-5,12-13H2,1-3H3. The molecule has 3 rings (SSSR count). The molecular weight excluding hydrogens is 420 g/mol. The number of hydrogen-bond acceptors (Lipinski definition) is 6. The predicted molar refractivity (Wildman–Crippen MR) is 122 cm³/mol. The van der Waals surface area contributed by atoms with Crippen LogP contribution in [0.2, 0.25) is 0 Å². The van der Waals surface area contributed by atoms with Crippen LogP contribution in [0.15, 0.2) is 47.5 Å². The fraction of sp³-hybridized carbons (Fsp3) is 0.318. The Morgan fingerprint density at radius 2 is 1.80 bits per heavy atom. The van der Waals surface area contributed by atoms with Gasteiger partial charge in [-0.2, -0.15) is 16.8 Å². The molecule has 0 radical (unpaired) electrons. The normalized spacial score (nSPS) is 11.6. The number of nitrogens with zero attached hydrogens (tertiary/aromatic N) is 2. The first-order chi connectivity index (χ1) is 14.6. The Hall–Kier alpha value is -2.58. The average Bonchev–Trinajstić information content (AvgIpc) is 3.09. The van der Waals surface area contributed by atoms with Crippen molar-refractivity contribution in [2.24, 2.45) is 4.99 Å². The van der Waals surface area contributed by atoms with Gasteiger partial charge in [-0.3, -0.25) is 4.79 Å². The number of esters is 1. The number of aryl methyl sites for hydroxylation is 1. The molecule has 2 aromatic carbocycles. The Morgan fingerprint density at radius 1 is 1.07 bits per heavy atom. The van der Waals surface area contributed by atoms with Gasteiger partial charge in [-0.05, 0) is 62.6 Å². The van der Waals surface area contributed by atoms with Crippen molar-refractivity contribution >= 4 is 45.2 Å². The first-order valence-corrected chi connectivity index (χ1v) is 11.9. The number of benzene rings is 2. The second kappa shape index (κ2) is 10.4. The third-order valence-electron chi connectivity index (χ3n) is 4.32. The highest BCUT2D eigenvalue weighted by Crippen LogP contribution is 2.21. The minimum atomic E-state index is -0.354. The number of ether oxygens (including phenoxy) is 2. The number of carbonyl (C=O) groups is 2. The topological polar surface area (TPSA) is 69.9 Å². The maximum absolute atomic E-state index is 12.8. The van der Waals surface area contributed by atoms with Gasteiger partial charge in [-0.15, -0.1) is 0 Å². The van der Waals surface area contributed by atoms with Crippen molar-refractivity contribution in [3.63, 3.8) is 0 Å². The van der Waals surface area contributed by atoms with E-state index < -0.39 is 0 Å². The van der Waals surface area contributed by atoms with E-state index in [0.717, 1.165) is 28.3 Å². The summed E-state index contributed by atoms with van der Waals surface area (Å²) in [6.07, 6.45) is 2.04. The summed E-state index contributed by atoms with van der Waals surface area (Å²) in [5.41, 5.74) is 1.94. The minimum absolute atomic E-state index is 0.312. The van der Waals surface area contributed by atoms with Gasteiger partial charge in [0.2, 0.25) is 0 Å². The van der Waals surface area contributed by atoms with Crippen LogP contribution in [0.3, 0.4) is 0 Å². The molecule has 0 bridgehead atoms. The molecule has 1 amide bonds. The summed E-state index contributed by atoms with van der Waals surface area (Å²) in [5.74, 6) is 0.938. The van der Waals surface area contributed by atoms with E-state index in [1.165, 1.54) is 11.3 Å². The first kappa shape index (κ1) is 22.1. The van der Waals surface area contributed by atoms with Gasteiger partial charge in [0, 0.05) is 17.9 Å². The Labute approximate surface area is 183 Å². The second-order valence-corrected chi connectivity index (χ2v) is 8.30. The third-order valence-corrected chi connectivity index (χ3v) is 5.95. The van der Waals surface area contributed by atoms with Gasteiger partial charge < -0.3 is 14.0 Å². The number of fused-ring (bicyclic) bond motifs is 1. The summed E-state index contributed by atoms with van der Waals surface area (Å²) < 4.78 is 13.4. The van der Waals surface area contributed by atoms with Gasteiger partial charge in [0.05, 0.1) is 29.0 Å². The van der Waals surface area contributed by atoms with Crippen molar-refractivity contribution < 1.29 is 19.1 Å². The SMILES string of the molecule is CCOC(=O)c1ccc2c(c1)sc(=NC(=O)c1ccc(OCC)cc1)n2CCSC. The van der Waals surface area contributed by atoms with Crippen LogP contribution in [0.25, 0.3) is 10.2 Å². The molecule has 1 heterocycles.